The Morgan fingerprint density at radius 3 is 2.74 bits per heavy atom. The molecule has 0 bridgehead atoms. The Bertz CT molecular complexity index is 852. The van der Waals surface area contributed by atoms with Crippen molar-refractivity contribution >= 4 is 21.4 Å². The molecule has 5 nitrogen and oxygen atoms in total. The third-order valence-electron chi connectivity index (χ3n) is 3.73. The van der Waals surface area contributed by atoms with Crippen molar-refractivity contribution in [1.82, 2.24) is 0 Å². The van der Waals surface area contributed by atoms with Gasteiger partial charge in [0.25, 0.3) is 10.0 Å². The van der Waals surface area contributed by atoms with Gasteiger partial charge in [0.15, 0.2) is 0 Å². The molecule has 0 atom stereocenters. The average Bonchev–Trinajstić information content (AvgIpc) is 2.46. The lowest BCUT2D eigenvalue weighted by Gasteiger charge is -2.28. The molecule has 0 radical (unpaired) electrons. The summed E-state index contributed by atoms with van der Waals surface area (Å²) in [7, 11) is -1.84. The number of fused-ring (bicyclic) bond motifs is 1. The third kappa shape index (κ3) is 3.10. The highest BCUT2D eigenvalue weighted by Gasteiger charge is 2.20. The molecule has 0 aromatic heterocycles. The molecule has 0 saturated heterocycles. The van der Waals surface area contributed by atoms with Crippen LogP contribution in [0.3, 0.4) is 0 Å². The molecular formula is C16H17FN2O3S. The van der Waals surface area contributed by atoms with E-state index >= 15 is 0 Å². The molecule has 3 rings (SSSR count). The monoisotopic (exact) mass is 336 g/mol. The van der Waals surface area contributed by atoms with Gasteiger partial charge >= 0.3 is 0 Å². The van der Waals surface area contributed by atoms with Crippen LogP contribution in [0, 0.1) is 12.7 Å². The maximum Gasteiger partial charge on any atom is 0.262 e. The third-order valence-corrected chi connectivity index (χ3v) is 5.28. The lowest BCUT2D eigenvalue weighted by Crippen LogP contribution is -2.28. The van der Waals surface area contributed by atoms with Gasteiger partial charge in [-0.05, 0) is 42.8 Å². The van der Waals surface area contributed by atoms with Crippen molar-refractivity contribution in [3.05, 3.63) is 47.8 Å². The summed E-state index contributed by atoms with van der Waals surface area (Å²) in [6.07, 6.45) is 0. The minimum atomic E-state index is -3.79. The molecule has 122 valence electrons. The van der Waals surface area contributed by atoms with Crippen LogP contribution < -0.4 is 14.4 Å². The van der Waals surface area contributed by atoms with Gasteiger partial charge in [-0.2, -0.15) is 0 Å². The normalized spacial score (nSPS) is 14.1. The van der Waals surface area contributed by atoms with Crippen molar-refractivity contribution in [2.45, 2.75) is 11.8 Å². The number of ether oxygens (including phenoxy) is 1. The van der Waals surface area contributed by atoms with Crippen LogP contribution in [0.2, 0.25) is 0 Å². The van der Waals surface area contributed by atoms with Crippen molar-refractivity contribution in [1.29, 1.82) is 0 Å². The quantitative estimate of drug-likeness (QED) is 0.936. The molecule has 7 heteroatoms. The fourth-order valence-electron chi connectivity index (χ4n) is 2.55. The van der Waals surface area contributed by atoms with Gasteiger partial charge < -0.3 is 9.64 Å². The number of hydrogen-bond acceptors (Lipinski definition) is 4. The van der Waals surface area contributed by atoms with Gasteiger partial charge in [-0.15, -0.1) is 0 Å². The molecule has 1 N–H and O–H groups in total. The second kappa shape index (κ2) is 5.73. The number of halogens is 1. The molecule has 0 fully saturated rings. The number of sulfonamides is 1. The van der Waals surface area contributed by atoms with Crippen LogP contribution in [-0.4, -0.2) is 28.6 Å². The summed E-state index contributed by atoms with van der Waals surface area (Å²) in [5.74, 6) is 0.168. The first kappa shape index (κ1) is 15.6. The molecule has 0 aliphatic carbocycles. The minimum absolute atomic E-state index is 0.0506. The molecule has 0 saturated carbocycles. The molecule has 0 unspecified atom stereocenters. The van der Waals surface area contributed by atoms with Gasteiger partial charge in [0, 0.05) is 13.1 Å². The summed E-state index contributed by atoms with van der Waals surface area (Å²) < 4.78 is 46.2. The first-order valence-corrected chi connectivity index (χ1v) is 8.62. The van der Waals surface area contributed by atoms with Crippen LogP contribution in [0.15, 0.2) is 41.3 Å². The van der Waals surface area contributed by atoms with E-state index in [1.54, 1.807) is 19.1 Å². The second-order valence-corrected chi connectivity index (χ2v) is 7.12. The van der Waals surface area contributed by atoms with Crippen molar-refractivity contribution in [2.24, 2.45) is 0 Å². The Hall–Kier alpha value is -2.28. The molecule has 2 aromatic rings. The van der Waals surface area contributed by atoms with Crippen LogP contribution in [0.1, 0.15) is 5.56 Å². The first-order valence-electron chi connectivity index (χ1n) is 7.14. The van der Waals surface area contributed by atoms with Crippen molar-refractivity contribution in [3.63, 3.8) is 0 Å². The molecule has 1 aliphatic heterocycles. The number of likely N-dealkylation sites (N-methyl/N-ethyl adjacent to an activating group) is 1. The van der Waals surface area contributed by atoms with Gasteiger partial charge in [0.1, 0.15) is 18.2 Å². The summed E-state index contributed by atoms with van der Waals surface area (Å²) in [5, 5.41) is 0. The zero-order valence-electron chi connectivity index (χ0n) is 12.8. The highest BCUT2D eigenvalue weighted by molar-refractivity contribution is 7.92. The predicted molar refractivity (Wildman–Crippen MR) is 87.2 cm³/mol. The van der Waals surface area contributed by atoms with Crippen LogP contribution in [-0.2, 0) is 10.0 Å². The molecule has 2 aromatic carbocycles. The second-order valence-electron chi connectivity index (χ2n) is 5.47. The summed E-state index contributed by atoms with van der Waals surface area (Å²) in [6, 6.07) is 8.73. The maximum atomic E-state index is 13.2. The number of aryl methyl sites for hydroxylation is 1. The number of benzene rings is 2. The number of nitrogens with one attached hydrogen (secondary N) is 1. The summed E-state index contributed by atoms with van der Waals surface area (Å²) in [5.41, 5.74) is 1.67. The van der Waals surface area contributed by atoms with E-state index in [-0.39, 0.29) is 4.90 Å². The lowest BCUT2D eigenvalue weighted by atomic mass is 10.2. The van der Waals surface area contributed by atoms with Crippen molar-refractivity contribution < 1.29 is 17.5 Å². The van der Waals surface area contributed by atoms with Gasteiger partial charge in [-0.3, -0.25) is 4.72 Å². The SMILES string of the molecule is Cc1cc(F)ccc1S(=O)(=O)Nc1ccc2c(c1)OCCN2C. The molecule has 1 aliphatic rings. The van der Waals surface area contributed by atoms with Crippen LogP contribution in [0.25, 0.3) is 0 Å². The fourth-order valence-corrected chi connectivity index (χ4v) is 3.82. The van der Waals surface area contributed by atoms with Gasteiger partial charge in [0.2, 0.25) is 0 Å². The summed E-state index contributed by atoms with van der Waals surface area (Å²) >= 11 is 0. The smallest absolute Gasteiger partial charge is 0.262 e. The molecule has 1 heterocycles. The van der Waals surface area contributed by atoms with Gasteiger partial charge in [-0.25, -0.2) is 12.8 Å². The Balaban J connectivity index is 1.92. The van der Waals surface area contributed by atoms with Crippen molar-refractivity contribution in [2.75, 3.05) is 29.8 Å². The van der Waals surface area contributed by atoms with E-state index in [4.69, 9.17) is 4.74 Å². The van der Waals surface area contributed by atoms with E-state index in [0.717, 1.165) is 18.3 Å². The topological polar surface area (TPSA) is 58.6 Å². The van der Waals surface area contributed by atoms with E-state index in [9.17, 15) is 12.8 Å². The fraction of sp³-hybridized carbons (Fsp3) is 0.250. The zero-order chi connectivity index (χ0) is 16.6. The van der Waals surface area contributed by atoms with E-state index in [1.807, 2.05) is 18.0 Å². The predicted octanol–water partition coefficient (Wildman–Crippen LogP) is 2.76. The summed E-state index contributed by atoms with van der Waals surface area (Å²) in [6.45, 7) is 2.90. The number of nitrogens with zero attached hydrogens (tertiary/aromatic N) is 1. The zero-order valence-corrected chi connectivity index (χ0v) is 13.7. The van der Waals surface area contributed by atoms with Crippen LogP contribution >= 0.6 is 0 Å². The van der Waals surface area contributed by atoms with E-state index in [2.05, 4.69) is 4.72 Å². The molecular weight excluding hydrogens is 319 g/mol. The molecule has 0 amide bonds. The highest BCUT2D eigenvalue weighted by Crippen LogP contribution is 2.34. The standard InChI is InChI=1S/C16H17FN2O3S/c1-11-9-12(17)3-6-16(11)23(20,21)18-13-4-5-14-15(10-13)22-8-7-19(14)2/h3-6,9-10,18H,7-8H2,1-2H3. The minimum Gasteiger partial charge on any atom is -0.489 e. The Morgan fingerprint density at radius 2 is 2.00 bits per heavy atom. The Morgan fingerprint density at radius 1 is 1.22 bits per heavy atom. The molecule has 23 heavy (non-hydrogen) atoms. The van der Waals surface area contributed by atoms with Gasteiger partial charge in [0.05, 0.1) is 22.8 Å². The lowest BCUT2D eigenvalue weighted by molar-refractivity contribution is 0.311. The Kier molecular flexibility index (Phi) is 3.89. The summed E-state index contributed by atoms with van der Waals surface area (Å²) in [4.78, 5) is 2.09. The van der Waals surface area contributed by atoms with Crippen LogP contribution in [0.5, 0.6) is 5.75 Å². The highest BCUT2D eigenvalue weighted by atomic mass is 32.2. The maximum absolute atomic E-state index is 13.2. The number of anilines is 2. The number of hydrogen-bond donors (Lipinski definition) is 1. The van der Waals surface area contributed by atoms with E-state index < -0.39 is 15.8 Å². The van der Waals surface area contributed by atoms with E-state index in [0.29, 0.717) is 23.6 Å². The Labute approximate surface area is 134 Å². The first-order chi connectivity index (χ1) is 10.9. The van der Waals surface area contributed by atoms with Crippen molar-refractivity contribution in [3.8, 4) is 5.75 Å². The van der Waals surface area contributed by atoms with E-state index in [1.165, 1.54) is 12.1 Å². The number of rotatable bonds is 3. The largest absolute Gasteiger partial charge is 0.489 e. The molecule has 0 spiro atoms. The average molecular weight is 336 g/mol. The van der Waals surface area contributed by atoms with Gasteiger partial charge in [-0.1, -0.05) is 0 Å². The van der Waals surface area contributed by atoms with Crippen LogP contribution in [0.4, 0.5) is 15.8 Å².